The second-order valence-corrected chi connectivity index (χ2v) is 6.18. The molecule has 0 aliphatic rings. The molecule has 0 saturated carbocycles. The molecule has 128 valence electrons. The van der Waals surface area contributed by atoms with Gasteiger partial charge in [0.1, 0.15) is 11.6 Å². The fraction of sp³-hybridized carbons (Fsp3) is 0.158. The van der Waals surface area contributed by atoms with Crippen LogP contribution in [0.5, 0.6) is 0 Å². The van der Waals surface area contributed by atoms with Gasteiger partial charge in [0.05, 0.1) is 0 Å². The van der Waals surface area contributed by atoms with Gasteiger partial charge >= 0.3 is 0 Å². The van der Waals surface area contributed by atoms with E-state index in [1.165, 1.54) is 6.07 Å². The van der Waals surface area contributed by atoms with E-state index >= 15 is 0 Å². The third kappa shape index (κ3) is 4.45. The van der Waals surface area contributed by atoms with Gasteiger partial charge in [-0.2, -0.15) is 4.98 Å². The Morgan fingerprint density at radius 1 is 1.04 bits per heavy atom. The maximum atomic E-state index is 13.7. The molecule has 3 rings (SSSR count). The Labute approximate surface area is 151 Å². The van der Waals surface area contributed by atoms with E-state index in [0.717, 1.165) is 16.9 Å². The van der Waals surface area contributed by atoms with Gasteiger partial charge in [-0.15, -0.1) is 0 Å². The molecular formula is C19H18ClFN4. The Bertz CT molecular complexity index is 898. The van der Waals surface area contributed by atoms with Crippen molar-refractivity contribution in [1.82, 2.24) is 9.97 Å². The highest BCUT2D eigenvalue weighted by Gasteiger charge is 2.06. The first-order valence-corrected chi connectivity index (χ1v) is 8.25. The molecule has 3 aromatic rings. The zero-order valence-electron chi connectivity index (χ0n) is 14.0. The molecule has 0 unspecified atom stereocenters. The fourth-order valence-corrected chi connectivity index (χ4v) is 2.66. The average molecular weight is 357 g/mol. The predicted octanol–water partition coefficient (Wildman–Crippen LogP) is 5.24. The Morgan fingerprint density at radius 2 is 1.84 bits per heavy atom. The summed E-state index contributed by atoms with van der Waals surface area (Å²) in [5.41, 5.74) is 3.31. The number of aryl methyl sites for hydroxylation is 2. The smallest absolute Gasteiger partial charge is 0.225 e. The topological polar surface area (TPSA) is 49.8 Å². The molecule has 0 bridgehead atoms. The summed E-state index contributed by atoms with van der Waals surface area (Å²) >= 11 is 5.99. The highest BCUT2D eigenvalue weighted by Crippen LogP contribution is 2.23. The standard InChI is InChI=1S/C19H18ClFN4/c1-12-9-15(20)7-8-17(12)24-18-10-13(2)23-19(25-18)22-11-14-5-3-4-6-16(14)21/h3-10H,11H2,1-2H3,(H2,22,23,24,25). The minimum Gasteiger partial charge on any atom is -0.350 e. The Balaban J connectivity index is 1.77. The highest BCUT2D eigenvalue weighted by molar-refractivity contribution is 6.30. The van der Waals surface area contributed by atoms with Crippen LogP contribution in [0.4, 0.5) is 21.8 Å². The van der Waals surface area contributed by atoms with Crippen molar-refractivity contribution in [3.8, 4) is 0 Å². The lowest BCUT2D eigenvalue weighted by Gasteiger charge is -2.12. The first-order chi connectivity index (χ1) is 12.0. The van der Waals surface area contributed by atoms with E-state index < -0.39 is 0 Å². The lowest BCUT2D eigenvalue weighted by Crippen LogP contribution is -2.07. The van der Waals surface area contributed by atoms with Crippen LogP contribution in [0.1, 0.15) is 16.8 Å². The summed E-state index contributed by atoms with van der Waals surface area (Å²) in [5, 5.41) is 7.02. The lowest BCUT2D eigenvalue weighted by molar-refractivity contribution is 0.612. The van der Waals surface area contributed by atoms with Gasteiger partial charge in [-0.3, -0.25) is 0 Å². The zero-order valence-corrected chi connectivity index (χ0v) is 14.7. The number of benzene rings is 2. The number of rotatable bonds is 5. The maximum absolute atomic E-state index is 13.7. The largest absolute Gasteiger partial charge is 0.350 e. The van der Waals surface area contributed by atoms with Crippen molar-refractivity contribution in [2.45, 2.75) is 20.4 Å². The van der Waals surface area contributed by atoms with Gasteiger partial charge in [0.25, 0.3) is 0 Å². The van der Waals surface area contributed by atoms with Gasteiger partial charge in [-0.25, -0.2) is 9.37 Å². The van der Waals surface area contributed by atoms with Crippen LogP contribution < -0.4 is 10.6 Å². The van der Waals surface area contributed by atoms with Crippen molar-refractivity contribution in [3.05, 3.63) is 76.2 Å². The van der Waals surface area contributed by atoms with Crippen LogP contribution >= 0.6 is 11.6 Å². The van der Waals surface area contributed by atoms with Gasteiger partial charge in [0.15, 0.2) is 0 Å². The van der Waals surface area contributed by atoms with Crippen LogP contribution in [-0.4, -0.2) is 9.97 Å². The van der Waals surface area contributed by atoms with E-state index in [4.69, 9.17) is 11.6 Å². The fourth-order valence-electron chi connectivity index (χ4n) is 2.43. The summed E-state index contributed by atoms with van der Waals surface area (Å²) in [6.45, 7) is 4.17. The van der Waals surface area contributed by atoms with Crippen molar-refractivity contribution in [3.63, 3.8) is 0 Å². The molecule has 2 N–H and O–H groups in total. The van der Waals surface area contributed by atoms with E-state index in [2.05, 4.69) is 20.6 Å². The molecule has 0 fully saturated rings. The van der Waals surface area contributed by atoms with Crippen molar-refractivity contribution >= 4 is 29.1 Å². The van der Waals surface area contributed by atoms with Crippen LogP contribution in [0.3, 0.4) is 0 Å². The number of aromatic nitrogens is 2. The second kappa shape index (κ2) is 7.49. The van der Waals surface area contributed by atoms with Crippen molar-refractivity contribution < 1.29 is 4.39 Å². The van der Waals surface area contributed by atoms with Gasteiger partial charge in [0.2, 0.25) is 5.95 Å². The molecule has 0 amide bonds. The third-order valence-electron chi connectivity index (χ3n) is 3.70. The molecule has 0 saturated heterocycles. The number of hydrogen-bond donors (Lipinski definition) is 2. The molecule has 0 radical (unpaired) electrons. The van der Waals surface area contributed by atoms with E-state index in [0.29, 0.717) is 28.9 Å². The van der Waals surface area contributed by atoms with Crippen LogP contribution in [0.15, 0.2) is 48.5 Å². The Kier molecular flexibility index (Phi) is 5.14. The van der Waals surface area contributed by atoms with Crippen LogP contribution in [-0.2, 0) is 6.54 Å². The van der Waals surface area contributed by atoms with Crippen LogP contribution in [0.25, 0.3) is 0 Å². The normalized spacial score (nSPS) is 10.6. The van der Waals surface area contributed by atoms with E-state index in [1.54, 1.807) is 18.2 Å². The first kappa shape index (κ1) is 17.2. The molecule has 0 spiro atoms. The molecule has 0 atom stereocenters. The summed E-state index contributed by atoms with van der Waals surface area (Å²) in [7, 11) is 0. The number of anilines is 3. The van der Waals surface area contributed by atoms with Gasteiger partial charge < -0.3 is 10.6 Å². The number of nitrogens with zero attached hydrogens (tertiary/aromatic N) is 2. The molecular weight excluding hydrogens is 339 g/mol. The van der Waals surface area contributed by atoms with Gasteiger partial charge in [-0.1, -0.05) is 29.8 Å². The quantitative estimate of drug-likeness (QED) is 0.656. The number of nitrogens with one attached hydrogen (secondary N) is 2. The van der Waals surface area contributed by atoms with E-state index in [9.17, 15) is 4.39 Å². The average Bonchev–Trinajstić information content (AvgIpc) is 2.56. The Hall–Kier alpha value is -2.66. The predicted molar refractivity (Wildman–Crippen MR) is 100.0 cm³/mol. The maximum Gasteiger partial charge on any atom is 0.225 e. The van der Waals surface area contributed by atoms with Gasteiger partial charge in [-0.05, 0) is 43.7 Å². The first-order valence-electron chi connectivity index (χ1n) is 7.87. The SMILES string of the molecule is Cc1cc(Nc2ccc(Cl)cc2C)nc(NCc2ccccc2F)n1. The summed E-state index contributed by atoms with van der Waals surface area (Å²) in [5.74, 6) is 0.851. The van der Waals surface area contributed by atoms with Crippen LogP contribution in [0.2, 0.25) is 5.02 Å². The Morgan fingerprint density at radius 3 is 2.60 bits per heavy atom. The molecule has 0 aliphatic heterocycles. The summed E-state index contributed by atoms with van der Waals surface area (Å²) < 4.78 is 13.7. The molecule has 2 aromatic carbocycles. The minimum absolute atomic E-state index is 0.252. The molecule has 6 heteroatoms. The lowest BCUT2D eigenvalue weighted by atomic mass is 10.2. The molecule has 0 aliphatic carbocycles. The molecule has 1 heterocycles. The third-order valence-corrected chi connectivity index (χ3v) is 3.94. The number of hydrogen-bond acceptors (Lipinski definition) is 4. The summed E-state index contributed by atoms with van der Waals surface area (Å²) in [4.78, 5) is 8.80. The van der Waals surface area contributed by atoms with E-state index in [-0.39, 0.29) is 5.82 Å². The van der Waals surface area contributed by atoms with Crippen LogP contribution in [0, 0.1) is 19.7 Å². The van der Waals surface area contributed by atoms with Crippen molar-refractivity contribution in [2.75, 3.05) is 10.6 Å². The molecule has 4 nitrogen and oxygen atoms in total. The molecule has 1 aromatic heterocycles. The summed E-state index contributed by atoms with van der Waals surface area (Å²) in [6.07, 6.45) is 0. The van der Waals surface area contributed by atoms with Gasteiger partial charge in [0, 0.05) is 34.6 Å². The highest BCUT2D eigenvalue weighted by atomic mass is 35.5. The minimum atomic E-state index is -0.252. The monoisotopic (exact) mass is 356 g/mol. The number of halogens is 2. The summed E-state index contributed by atoms with van der Waals surface area (Å²) in [6, 6.07) is 14.1. The van der Waals surface area contributed by atoms with E-state index in [1.807, 2.05) is 38.1 Å². The zero-order chi connectivity index (χ0) is 17.8. The second-order valence-electron chi connectivity index (χ2n) is 5.75. The van der Waals surface area contributed by atoms with Crippen molar-refractivity contribution in [1.29, 1.82) is 0 Å². The molecule has 25 heavy (non-hydrogen) atoms. The van der Waals surface area contributed by atoms with Crippen molar-refractivity contribution in [2.24, 2.45) is 0 Å².